The van der Waals surface area contributed by atoms with Gasteiger partial charge in [0.1, 0.15) is 9.76 Å². The third-order valence-corrected chi connectivity index (χ3v) is 50.6. The minimum absolute atomic E-state index is 0.0269. The molecule has 27 nitrogen and oxygen atoms in total. The van der Waals surface area contributed by atoms with Gasteiger partial charge in [-0.2, -0.15) is 0 Å². The highest BCUT2D eigenvalue weighted by molar-refractivity contribution is 7.10. The molecule has 68 heavy (non-hydrogen) atoms. The molecule has 0 N–H and O–H groups in total. The summed E-state index contributed by atoms with van der Waals surface area (Å²) in [5.41, 5.74) is 0.219. The van der Waals surface area contributed by atoms with Crippen LogP contribution in [0.4, 0.5) is 0 Å². The number of carbonyl (C=O) groups is 1. The highest BCUT2D eigenvalue weighted by Gasteiger charge is 2.77. The van der Waals surface area contributed by atoms with Crippen molar-refractivity contribution in [3.05, 3.63) is 12.2 Å². The van der Waals surface area contributed by atoms with Crippen LogP contribution in [0.1, 0.15) is 13.3 Å². The molecule has 0 aromatic rings. The summed E-state index contributed by atoms with van der Waals surface area (Å²) in [5.74, 6) is -0.572. The normalized spacial score (nSPS) is 15.9. The molecule has 358 valence electrons. The Balaban J connectivity index is 9.40. The van der Waals surface area contributed by atoms with Gasteiger partial charge in [0.2, 0.25) is 157 Å². The number of esters is 1. The molecule has 0 saturated carbocycles. The summed E-state index contributed by atoms with van der Waals surface area (Å²) >= 11 is 0. The van der Waals surface area contributed by atoms with Gasteiger partial charge in [0, 0.05) is 5.57 Å². The zero-order chi connectivity index (χ0) is 53.2. The molecule has 0 bridgehead atoms. The van der Waals surface area contributed by atoms with E-state index in [-0.39, 0.29) is 12.2 Å². The first-order chi connectivity index (χ1) is 31.3. The number of hydrogen-bond acceptors (Lipinski definition) is 27. The van der Waals surface area contributed by atoms with Crippen LogP contribution in [-0.2, 0) is 112 Å². The molecule has 0 heterocycles. The lowest BCUT2D eigenvalue weighted by Gasteiger charge is -2.48. The van der Waals surface area contributed by atoms with Crippen LogP contribution in [0.2, 0.25) is 51.9 Å². The van der Waals surface area contributed by atoms with Crippen molar-refractivity contribution < 1.29 is 112 Å². The van der Waals surface area contributed by atoms with Crippen LogP contribution >= 0.6 is 0 Å². The molecule has 0 fully saturated rings. The largest absolute Gasteiger partial charge is 0.656 e. The van der Waals surface area contributed by atoms with E-state index in [1.807, 2.05) is 13.1 Å². The van der Waals surface area contributed by atoms with Crippen LogP contribution in [0, 0.1) is 0 Å². The fraction of sp³-hybridized carbons (Fsp3) is 0.786. The van der Waals surface area contributed by atoms with Gasteiger partial charge in [-0.05, 0) is 65.2 Å². The maximum absolute atomic E-state index is 12.1. The minimum Gasteiger partial charge on any atom is -0.462 e. The van der Waals surface area contributed by atoms with Crippen LogP contribution in [-0.4, -0.2) is 276 Å². The Morgan fingerprint density at radius 1 is 0.397 bits per heavy atom. The number of carbonyl (C=O) groups excluding carboxylic acids is 1. The maximum atomic E-state index is 12.1. The Labute approximate surface area is 462 Å². The van der Waals surface area contributed by atoms with Gasteiger partial charge in [-0.1, -0.05) is 6.58 Å². The van der Waals surface area contributed by atoms with Crippen LogP contribution in [0.25, 0.3) is 0 Å². The van der Waals surface area contributed by atoms with Gasteiger partial charge in [0.15, 0.2) is 16.6 Å². The molecule has 0 aliphatic carbocycles. The Kier molecular flexibility index (Phi) is 33.5. The maximum Gasteiger partial charge on any atom is 0.656 e. The SMILES string of the molecule is C=C(C)C(=O)OCCC[Si](C)(C)O[Si](C)(C)O[Si](O[Si](O[Si])(O[Si])O[Si])(O[Si](O[Si])(O[Si](C)(C)C)O[Si]([Si])(O[Si])O[Si])O[Si](O[Si](O[Si])(O[Si])O[Si])(O[Si](O[Si])(O[Si])O[Si])O[Si](O[Si])(O[Si])O[Si]. The van der Waals surface area contributed by atoms with Crippen LogP contribution < -0.4 is 0 Å². The molecule has 0 rings (SSSR count). The summed E-state index contributed by atoms with van der Waals surface area (Å²) in [7, 11) is -5.14. The molecule has 0 amide bonds. The van der Waals surface area contributed by atoms with Crippen molar-refractivity contribution in [3.8, 4) is 0 Å². The average Bonchev–Trinajstić information content (AvgIpc) is 3.28. The third kappa shape index (κ3) is 22.8. The molecule has 48 radical (unpaired) electrons. The van der Waals surface area contributed by atoms with Crippen molar-refractivity contribution >= 4 is 270 Å². The average molecular weight is 1390 g/mol. The first-order valence-corrected chi connectivity index (χ1v) is 47.2. The topological polar surface area (TPSA) is 257 Å². The van der Waals surface area contributed by atoms with E-state index >= 15 is 0 Å². The van der Waals surface area contributed by atoms with Crippen LogP contribution in [0.15, 0.2) is 12.2 Å². The smallest absolute Gasteiger partial charge is 0.462 e. The van der Waals surface area contributed by atoms with Crippen molar-refractivity contribution in [3.63, 3.8) is 0 Å². The highest BCUT2D eigenvalue weighted by atomic mass is 29.2. The number of hydrogen-bond donors (Lipinski definition) is 0. The number of ether oxygens (including phenoxy) is 1. The molecule has 0 aliphatic rings. The van der Waals surface area contributed by atoms with Crippen LogP contribution in [0.5, 0.6) is 0 Å². The van der Waals surface area contributed by atoms with Gasteiger partial charge < -0.3 is 108 Å². The lowest BCUT2D eigenvalue weighted by atomic mass is 10.4. The van der Waals surface area contributed by atoms with Gasteiger partial charge in [0.05, 0.1) is 6.61 Å². The van der Waals surface area contributed by atoms with Crippen molar-refractivity contribution in [2.45, 2.75) is 65.2 Å². The molecule has 0 aromatic heterocycles. The van der Waals surface area contributed by atoms with Crippen molar-refractivity contribution in [1.82, 2.24) is 0 Å². The second-order valence-corrected chi connectivity index (χ2v) is 55.3. The fourth-order valence-corrected chi connectivity index (χ4v) is 51.1. The van der Waals surface area contributed by atoms with Gasteiger partial charge in [0.25, 0.3) is 0 Å². The van der Waals surface area contributed by atoms with Crippen molar-refractivity contribution in [2.75, 3.05) is 6.61 Å². The quantitative estimate of drug-likeness (QED) is 0.0239. The second kappa shape index (κ2) is 31.6. The van der Waals surface area contributed by atoms with Gasteiger partial charge in [-0.25, -0.2) is 4.79 Å². The molecular formula is C14H32O27Si27. The van der Waals surface area contributed by atoms with E-state index in [1.165, 1.54) is 20.0 Å². The first kappa shape index (κ1) is 72.1. The van der Waals surface area contributed by atoms with E-state index in [1.54, 1.807) is 19.6 Å². The van der Waals surface area contributed by atoms with Gasteiger partial charge in [-0.3, -0.25) is 0 Å². The van der Waals surface area contributed by atoms with Crippen molar-refractivity contribution in [1.29, 1.82) is 0 Å². The van der Waals surface area contributed by atoms with Crippen molar-refractivity contribution in [2.24, 2.45) is 0 Å². The summed E-state index contributed by atoms with van der Waals surface area (Å²) in [4.78, 5) is 12.1. The van der Waals surface area contributed by atoms with Crippen LogP contribution in [0.3, 0.4) is 0 Å². The minimum atomic E-state index is -6.15. The molecule has 2 atom stereocenters. The van der Waals surface area contributed by atoms with Gasteiger partial charge >= 0.3 is 86.2 Å². The predicted octanol–water partition coefficient (Wildman–Crippen LogP) is -6.44. The Morgan fingerprint density at radius 2 is 0.691 bits per heavy atom. The summed E-state index contributed by atoms with van der Waals surface area (Å²) in [6.45, 7) is 17.0. The summed E-state index contributed by atoms with van der Waals surface area (Å²) in [5, 5.41) is 0. The molecule has 0 aromatic carbocycles. The lowest BCUT2D eigenvalue weighted by molar-refractivity contribution is -0.139. The number of rotatable bonds is 40. The molecule has 54 heteroatoms. The first-order valence-electron chi connectivity index (χ1n) is 17.1. The third-order valence-electron chi connectivity index (χ3n) is 6.48. The molecule has 0 saturated heterocycles. The molecule has 2 unspecified atom stereocenters. The fourth-order valence-electron chi connectivity index (χ4n) is 4.22. The van der Waals surface area contributed by atoms with E-state index in [4.69, 9.17) is 108 Å². The van der Waals surface area contributed by atoms with E-state index < -0.39 is 103 Å². The second-order valence-electron chi connectivity index (χ2n) is 13.9. The monoisotopic (exact) mass is 1390 g/mol. The molecular weight excluding hydrogens is 1360 g/mol. The molecule has 0 aliphatic heterocycles. The van der Waals surface area contributed by atoms with E-state index in [9.17, 15) is 4.79 Å². The lowest BCUT2D eigenvalue weighted by Crippen LogP contribution is -2.79. The Hall–Kier alpha value is 4.07. The highest BCUT2D eigenvalue weighted by Crippen LogP contribution is 2.38. The molecule has 0 spiro atoms. The predicted molar refractivity (Wildman–Crippen MR) is 259 cm³/mol. The Bertz CT molecular complexity index is 1400. The zero-order valence-electron chi connectivity index (χ0n) is 36.4. The summed E-state index contributed by atoms with van der Waals surface area (Å²) in [6.07, 6.45) is 0.344. The zero-order valence-corrected chi connectivity index (χ0v) is 63.4. The summed E-state index contributed by atoms with van der Waals surface area (Å²) < 4.78 is 153. The summed E-state index contributed by atoms with van der Waals surface area (Å²) in [6, 6.07) is 0.371. The van der Waals surface area contributed by atoms with E-state index in [2.05, 4.69) is 174 Å². The van der Waals surface area contributed by atoms with E-state index in [0.717, 1.165) is 0 Å². The Morgan fingerprint density at radius 3 is 0.971 bits per heavy atom. The van der Waals surface area contributed by atoms with E-state index in [0.29, 0.717) is 12.5 Å². The standard InChI is InChI=1S/C14H32O27Si27/c1-13(2)14(15)16-11-10-12-59(6,7)33-60(8,9)34-66(35-61(17-42,18-43)19-44,39-65(29-54,32-58(3,4)5)41-68(57,30-55)31-56)40-67(36-62(20-45,21-46)22-47,37-63(23-48,24-49)25-50)38-64(26-51,27-52)28-53/h1,10-12H2,2-9H3. The van der Waals surface area contributed by atoms with Gasteiger partial charge in [-0.15, -0.1) is 0 Å².